The van der Waals surface area contributed by atoms with Crippen molar-refractivity contribution in [3.63, 3.8) is 0 Å². The van der Waals surface area contributed by atoms with Crippen molar-refractivity contribution < 1.29 is 19.2 Å². The molecule has 1 heterocycles. The number of nitrogens with one attached hydrogen (secondary N) is 3. The molecule has 0 fully saturated rings. The van der Waals surface area contributed by atoms with Crippen LogP contribution in [0, 0.1) is 0 Å². The van der Waals surface area contributed by atoms with Gasteiger partial charge in [0, 0.05) is 17.1 Å². The van der Waals surface area contributed by atoms with Crippen LogP contribution < -0.4 is 20.3 Å². The molecule has 1 unspecified atom stereocenters. The molecule has 0 radical (unpaired) electrons. The van der Waals surface area contributed by atoms with Crippen LogP contribution in [0.2, 0.25) is 0 Å². The Kier molecular flexibility index (Phi) is 7.62. The van der Waals surface area contributed by atoms with Crippen LogP contribution >= 0.6 is 11.3 Å². The molecule has 0 aliphatic rings. The Bertz CT molecular complexity index is 701. The summed E-state index contributed by atoms with van der Waals surface area (Å²) in [6, 6.07) is 10.9. The van der Waals surface area contributed by atoms with Gasteiger partial charge in [-0.15, -0.1) is 11.3 Å². The van der Waals surface area contributed by atoms with Crippen LogP contribution in [0.4, 0.5) is 5.69 Å². The van der Waals surface area contributed by atoms with Crippen LogP contribution in [0.1, 0.15) is 11.8 Å². The molecule has 0 spiro atoms. The van der Waals surface area contributed by atoms with Gasteiger partial charge in [0.25, 0.3) is 11.8 Å². The van der Waals surface area contributed by atoms with Gasteiger partial charge < -0.3 is 20.3 Å². The number of carbonyl (C=O) groups is 2. The average molecular weight is 377 g/mol. The van der Waals surface area contributed by atoms with Crippen LogP contribution in [-0.2, 0) is 16.0 Å². The molecule has 0 saturated carbocycles. The second-order valence-electron chi connectivity index (χ2n) is 6.14. The number of benzene rings is 1. The van der Waals surface area contributed by atoms with Crippen molar-refractivity contribution in [1.29, 1.82) is 0 Å². The number of likely N-dealkylation sites (N-methyl/N-ethyl adjacent to an activating group) is 1. The van der Waals surface area contributed by atoms with E-state index in [4.69, 9.17) is 4.74 Å². The number of quaternary nitrogens is 1. The number of methoxy groups -OCH3 is 1. The Morgan fingerprint density at radius 2 is 1.96 bits per heavy atom. The van der Waals surface area contributed by atoms with E-state index in [2.05, 4.69) is 16.7 Å². The van der Waals surface area contributed by atoms with Crippen LogP contribution in [0.25, 0.3) is 0 Å². The number of carbonyl (C=O) groups excluding carboxylic acids is 2. The summed E-state index contributed by atoms with van der Waals surface area (Å²) in [6.45, 7) is 2.65. The van der Waals surface area contributed by atoms with Gasteiger partial charge in [0.2, 0.25) is 0 Å². The van der Waals surface area contributed by atoms with Gasteiger partial charge in [-0.3, -0.25) is 9.59 Å². The molecule has 7 heteroatoms. The van der Waals surface area contributed by atoms with Gasteiger partial charge in [-0.25, -0.2) is 0 Å². The molecule has 6 nitrogen and oxygen atoms in total. The van der Waals surface area contributed by atoms with Crippen molar-refractivity contribution in [2.45, 2.75) is 19.4 Å². The fourth-order valence-corrected chi connectivity index (χ4v) is 3.14. The number of amides is 2. The standard InChI is InChI=1S/C19H25N3O3S/c1-14(19(24)20-11-10-17-5-4-12-26-17)22(2)13-18(23)21-15-6-8-16(25-3)9-7-15/h4-9,12,14H,10-11,13H2,1-3H3,(H,20,24)(H,21,23)/p+1/t14-/m1/s1. The molecule has 26 heavy (non-hydrogen) atoms. The number of rotatable bonds is 9. The molecular formula is C19H26N3O3S+. The van der Waals surface area contributed by atoms with Crippen molar-refractivity contribution in [3.05, 3.63) is 46.7 Å². The highest BCUT2D eigenvalue weighted by atomic mass is 32.1. The lowest BCUT2D eigenvalue weighted by atomic mass is 10.2. The second-order valence-corrected chi connectivity index (χ2v) is 7.17. The summed E-state index contributed by atoms with van der Waals surface area (Å²) in [5.41, 5.74) is 0.705. The monoisotopic (exact) mass is 376 g/mol. The lowest BCUT2D eigenvalue weighted by molar-refractivity contribution is -0.885. The van der Waals surface area contributed by atoms with Gasteiger partial charge in [0.1, 0.15) is 5.75 Å². The third-order valence-electron chi connectivity index (χ3n) is 4.20. The minimum atomic E-state index is -0.306. The molecule has 1 aromatic carbocycles. The van der Waals surface area contributed by atoms with Crippen molar-refractivity contribution in [2.75, 3.05) is 32.6 Å². The molecule has 0 bridgehead atoms. The Morgan fingerprint density at radius 3 is 2.58 bits per heavy atom. The van der Waals surface area contributed by atoms with E-state index in [1.54, 1.807) is 42.7 Å². The highest BCUT2D eigenvalue weighted by Gasteiger charge is 2.23. The zero-order valence-electron chi connectivity index (χ0n) is 15.4. The first-order valence-corrected chi connectivity index (χ1v) is 9.44. The summed E-state index contributed by atoms with van der Waals surface area (Å²) < 4.78 is 5.09. The first kappa shape index (κ1) is 19.9. The van der Waals surface area contributed by atoms with Crippen molar-refractivity contribution in [2.24, 2.45) is 0 Å². The maximum atomic E-state index is 12.2. The van der Waals surface area contributed by atoms with Crippen LogP contribution in [-0.4, -0.2) is 45.1 Å². The van der Waals surface area contributed by atoms with Crippen LogP contribution in [0.5, 0.6) is 5.75 Å². The third-order valence-corrected chi connectivity index (χ3v) is 5.13. The molecular weight excluding hydrogens is 350 g/mol. The van der Waals surface area contributed by atoms with Crippen molar-refractivity contribution in [1.82, 2.24) is 5.32 Å². The van der Waals surface area contributed by atoms with E-state index in [0.717, 1.165) is 17.1 Å². The van der Waals surface area contributed by atoms with Gasteiger partial charge in [0.05, 0.1) is 14.2 Å². The van der Waals surface area contributed by atoms with E-state index in [1.165, 1.54) is 4.88 Å². The van der Waals surface area contributed by atoms with E-state index >= 15 is 0 Å². The summed E-state index contributed by atoms with van der Waals surface area (Å²) in [4.78, 5) is 26.5. The van der Waals surface area contributed by atoms with Crippen molar-refractivity contribution in [3.8, 4) is 5.75 Å². The number of thiophene rings is 1. The molecule has 2 atom stereocenters. The number of hydrogen-bond acceptors (Lipinski definition) is 4. The Morgan fingerprint density at radius 1 is 1.23 bits per heavy atom. The minimum absolute atomic E-state index is 0.0451. The van der Waals surface area contributed by atoms with Gasteiger partial charge in [-0.1, -0.05) is 6.07 Å². The first-order valence-electron chi connectivity index (χ1n) is 8.56. The lowest BCUT2D eigenvalue weighted by Gasteiger charge is -2.20. The highest BCUT2D eigenvalue weighted by Crippen LogP contribution is 2.14. The molecule has 3 N–H and O–H groups in total. The van der Waals surface area contributed by atoms with E-state index < -0.39 is 0 Å². The zero-order valence-corrected chi connectivity index (χ0v) is 16.2. The van der Waals surface area contributed by atoms with Gasteiger partial charge >= 0.3 is 0 Å². The Hall–Kier alpha value is -2.38. The van der Waals surface area contributed by atoms with Crippen LogP contribution in [0.15, 0.2) is 41.8 Å². The van der Waals surface area contributed by atoms with Crippen LogP contribution in [0.3, 0.4) is 0 Å². The lowest BCUT2D eigenvalue weighted by Crippen LogP contribution is -3.15. The minimum Gasteiger partial charge on any atom is -0.497 e. The maximum Gasteiger partial charge on any atom is 0.279 e. The summed E-state index contributed by atoms with van der Waals surface area (Å²) in [5.74, 6) is 0.556. The Labute approximate surface area is 158 Å². The predicted octanol–water partition coefficient (Wildman–Crippen LogP) is 0.957. The first-order chi connectivity index (χ1) is 12.5. The van der Waals surface area contributed by atoms with Gasteiger partial charge in [-0.2, -0.15) is 0 Å². The predicted molar refractivity (Wildman–Crippen MR) is 104 cm³/mol. The summed E-state index contributed by atoms with van der Waals surface area (Å²) in [7, 11) is 3.44. The smallest absolute Gasteiger partial charge is 0.279 e. The molecule has 2 amide bonds. The van der Waals surface area contributed by atoms with E-state index in [9.17, 15) is 9.59 Å². The highest BCUT2D eigenvalue weighted by molar-refractivity contribution is 7.09. The summed E-state index contributed by atoms with van der Waals surface area (Å²) >= 11 is 1.68. The fourth-order valence-electron chi connectivity index (χ4n) is 2.43. The number of hydrogen-bond donors (Lipinski definition) is 3. The molecule has 140 valence electrons. The molecule has 1 aromatic heterocycles. The molecule has 2 aromatic rings. The van der Waals surface area contributed by atoms with Gasteiger partial charge in [-0.05, 0) is 49.1 Å². The fraction of sp³-hybridized carbons (Fsp3) is 0.368. The molecule has 0 aliphatic heterocycles. The summed E-state index contributed by atoms with van der Waals surface area (Å²) in [6.07, 6.45) is 0.827. The zero-order chi connectivity index (χ0) is 18.9. The molecule has 2 rings (SSSR count). The second kappa shape index (κ2) is 9.94. The normalized spacial score (nSPS) is 12.9. The Balaban J connectivity index is 1.74. The maximum absolute atomic E-state index is 12.2. The largest absolute Gasteiger partial charge is 0.497 e. The van der Waals surface area contributed by atoms with E-state index in [1.807, 2.05) is 25.4 Å². The van der Waals surface area contributed by atoms with Gasteiger partial charge in [0.15, 0.2) is 12.6 Å². The third kappa shape index (κ3) is 6.16. The van der Waals surface area contributed by atoms with E-state index in [0.29, 0.717) is 12.2 Å². The topological polar surface area (TPSA) is 71.9 Å². The number of anilines is 1. The summed E-state index contributed by atoms with van der Waals surface area (Å²) in [5, 5.41) is 7.80. The number of ether oxygens (including phenoxy) is 1. The van der Waals surface area contributed by atoms with E-state index in [-0.39, 0.29) is 24.4 Å². The average Bonchev–Trinajstić information content (AvgIpc) is 3.14. The van der Waals surface area contributed by atoms with Crippen molar-refractivity contribution >= 4 is 28.8 Å². The molecule has 0 aliphatic carbocycles. The molecule has 0 saturated heterocycles. The SMILES string of the molecule is COc1ccc(NC(=O)C[NH+](C)[C@H](C)C(=O)NCCc2cccs2)cc1. The quantitative estimate of drug-likeness (QED) is 0.610.